The van der Waals surface area contributed by atoms with Crippen LogP contribution >= 0.6 is 15.9 Å². The van der Waals surface area contributed by atoms with E-state index in [-0.39, 0.29) is 0 Å². The van der Waals surface area contributed by atoms with Gasteiger partial charge in [0, 0.05) is 43.2 Å². The summed E-state index contributed by atoms with van der Waals surface area (Å²) in [5.41, 5.74) is 1.32. The molecule has 116 valence electrons. The summed E-state index contributed by atoms with van der Waals surface area (Å²) in [6, 6.07) is 7.11. The van der Waals surface area contributed by atoms with E-state index in [1.54, 1.807) is 7.11 Å². The Hall–Kier alpha value is -0.580. The topological polar surface area (TPSA) is 15.7 Å². The van der Waals surface area contributed by atoms with Crippen molar-refractivity contribution in [3.63, 3.8) is 0 Å². The van der Waals surface area contributed by atoms with Crippen LogP contribution in [0.2, 0.25) is 0 Å². The van der Waals surface area contributed by atoms with E-state index in [4.69, 9.17) is 4.74 Å². The third kappa shape index (κ3) is 3.79. The fraction of sp³-hybridized carbons (Fsp3) is 0.647. The van der Waals surface area contributed by atoms with E-state index in [1.165, 1.54) is 61.9 Å². The third-order valence-electron chi connectivity index (χ3n) is 4.89. The Bertz CT molecular complexity index is 466. The highest BCUT2D eigenvalue weighted by Gasteiger charge is 2.26. The molecule has 0 spiro atoms. The van der Waals surface area contributed by atoms with Gasteiger partial charge in [-0.15, -0.1) is 0 Å². The summed E-state index contributed by atoms with van der Waals surface area (Å²) in [5.74, 6) is 0.942. The van der Waals surface area contributed by atoms with Gasteiger partial charge in [-0.05, 0) is 36.6 Å². The second kappa shape index (κ2) is 7.12. The molecule has 21 heavy (non-hydrogen) atoms. The van der Waals surface area contributed by atoms with Crippen LogP contribution in [0.1, 0.15) is 31.2 Å². The fourth-order valence-electron chi connectivity index (χ4n) is 3.60. The van der Waals surface area contributed by atoms with Gasteiger partial charge in [0.05, 0.1) is 7.11 Å². The largest absolute Gasteiger partial charge is 0.497 e. The monoisotopic (exact) mass is 352 g/mol. The molecule has 0 unspecified atom stereocenters. The van der Waals surface area contributed by atoms with Crippen LogP contribution in [-0.4, -0.2) is 49.1 Å². The van der Waals surface area contributed by atoms with E-state index in [1.807, 2.05) is 6.07 Å². The van der Waals surface area contributed by atoms with Gasteiger partial charge in [0.1, 0.15) is 5.75 Å². The zero-order valence-electron chi connectivity index (χ0n) is 12.9. The summed E-state index contributed by atoms with van der Waals surface area (Å²) in [6.07, 6.45) is 5.70. The van der Waals surface area contributed by atoms with Crippen LogP contribution < -0.4 is 4.74 Å². The Morgan fingerprint density at radius 2 is 1.86 bits per heavy atom. The molecule has 3 nitrogen and oxygen atoms in total. The molecule has 1 aliphatic heterocycles. The minimum atomic E-state index is 0.871. The molecule has 0 amide bonds. The van der Waals surface area contributed by atoms with Crippen LogP contribution in [0.15, 0.2) is 22.7 Å². The Morgan fingerprint density at radius 1 is 1.14 bits per heavy atom. The molecule has 2 fully saturated rings. The molecule has 4 heteroatoms. The van der Waals surface area contributed by atoms with Crippen molar-refractivity contribution < 1.29 is 4.74 Å². The van der Waals surface area contributed by atoms with E-state index in [0.29, 0.717) is 0 Å². The van der Waals surface area contributed by atoms with Crippen LogP contribution in [0.25, 0.3) is 0 Å². The number of ether oxygens (including phenoxy) is 1. The molecule has 1 saturated carbocycles. The van der Waals surface area contributed by atoms with Crippen LogP contribution in [0.3, 0.4) is 0 Å². The highest BCUT2D eigenvalue weighted by atomic mass is 79.9. The molecule has 0 radical (unpaired) electrons. The van der Waals surface area contributed by atoms with Crippen molar-refractivity contribution in [1.82, 2.24) is 9.80 Å². The Balaban J connectivity index is 1.55. The van der Waals surface area contributed by atoms with Crippen LogP contribution in [-0.2, 0) is 6.54 Å². The molecular weight excluding hydrogens is 328 g/mol. The smallest absolute Gasteiger partial charge is 0.119 e. The number of benzene rings is 1. The first-order valence-corrected chi connectivity index (χ1v) is 8.84. The molecule has 3 rings (SSSR count). The fourth-order valence-corrected chi connectivity index (χ4v) is 3.97. The summed E-state index contributed by atoms with van der Waals surface area (Å²) in [4.78, 5) is 5.27. The predicted molar refractivity (Wildman–Crippen MR) is 89.8 cm³/mol. The maximum Gasteiger partial charge on any atom is 0.119 e. The molecule has 0 N–H and O–H groups in total. The summed E-state index contributed by atoms with van der Waals surface area (Å²) >= 11 is 3.66. The minimum absolute atomic E-state index is 0.871. The molecule has 1 heterocycles. The Morgan fingerprint density at radius 3 is 2.52 bits per heavy atom. The SMILES string of the molecule is COc1ccc(Br)c(CN2CCN(C3CCCC3)CC2)c1. The van der Waals surface area contributed by atoms with Gasteiger partial charge in [0.15, 0.2) is 0 Å². The highest BCUT2D eigenvalue weighted by molar-refractivity contribution is 9.10. The van der Waals surface area contributed by atoms with Gasteiger partial charge in [-0.25, -0.2) is 0 Å². The summed E-state index contributed by atoms with van der Waals surface area (Å²) in [7, 11) is 1.73. The molecule has 1 aromatic rings. The van der Waals surface area contributed by atoms with Gasteiger partial charge in [-0.1, -0.05) is 28.8 Å². The lowest BCUT2D eigenvalue weighted by atomic mass is 10.1. The molecule has 0 bridgehead atoms. The van der Waals surface area contributed by atoms with Gasteiger partial charge >= 0.3 is 0 Å². The van der Waals surface area contributed by atoms with Gasteiger partial charge in [-0.3, -0.25) is 9.80 Å². The summed E-state index contributed by atoms with van der Waals surface area (Å²) < 4.78 is 6.52. The van der Waals surface area contributed by atoms with Crippen molar-refractivity contribution in [2.45, 2.75) is 38.3 Å². The maximum absolute atomic E-state index is 5.34. The van der Waals surface area contributed by atoms with Crippen LogP contribution in [0.4, 0.5) is 0 Å². The van der Waals surface area contributed by atoms with Crippen molar-refractivity contribution >= 4 is 15.9 Å². The van der Waals surface area contributed by atoms with Gasteiger partial charge in [0.25, 0.3) is 0 Å². The van der Waals surface area contributed by atoms with E-state index >= 15 is 0 Å². The maximum atomic E-state index is 5.34. The predicted octanol–water partition coefficient (Wildman–Crippen LogP) is 3.52. The second-order valence-corrected chi connectivity index (χ2v) is 7.06. The van der Waals surface area contributed by atoms with Crippen molar-refractivity contribution in [2.75, 3.05) is 33.3 Å². The lowest BCUT2D eigenvalue weighted by molar-refractivity contribution is 0.0935. The van der Waals surface area contributed by atoms with E-state index < -0.39 is 0 Å². The first-order chi connectivity index (χ1) is 10.3. The van der Waals surface area contributed by atoms with Crippen molar-refractivity contribution in [3.8, 4) is 5.75 Å². The highest BCUT2D eigenvalue weighted by Crippen LogP contribution is 2.26. The van der Waals surface area contributed by atoms with Crippen LogP contribution in [0, 0.1) is 0 Å². The number of hydrogen-bond donors (Lipinski definition) is 0. The molecule has 0 aromatic heterocycles. The number of piperazine rings is 1. The molecule has 2 aliphatic rings. The number of nitrogens with zero attached hydrogens (tertiary/aromatic N) is 2. The normalized spacial score (nSPS) is 21.8. The number of rotatable bonds is 4. The average molecular weight is 353 g/mol. The molecule has 1 aliphatic carbocycles. The molecule has 1 saturated heterocycles. The third-order valence-corrected chi connectivity index (χ3v) is 5.67. The number of halogens is 1. The summed E-state index contributed by atoms with van der Waals surface area (Å²) in [6.45, 7) is 5.83. The summed E-state index contributed by atoms with van der Waals surface area (Å²) in [5, 5.41) is 0. The zero-order chi connectivity index (χ0) is 14.7. The standard InChI is InChI=1S/C17H25BrN2O/c1-21-16-6-7-17(18)14(12-16)13-19-8-10-20(11-9-19)15-4-2-3-5-15/h6-7,12,15H,2-5,8-11,13H2,1H3. The lowest BCUT2D eigenvalue weighted by Gasteiger charge is -2.38. The first kappa shape index (κ1) is 15.3. The molecule has 1 aromatic carbocycles. The Labute approximate surface area is 136 Å². The second-order valence-electron chi connectivity index (χ2n) is 6.21. The molecular formula is C17H25BrN2O. The van der Waals surface area contributed by atoms with Gasteiger partial charge < -0.3 is 4.74 Å². The number of hydrogen-bond acceptors (Lipinski definition) is 3. The van der Waals surface area contributed by atoms with Gasteiger partial charge in [0.2, 0.25) is 0 Å². The van der Waals surface area contributed by atoms with Crippen molar-refractivity contribution in [2.24, 2.45) is 0 Å². The molecule has 0 atom stereocenters. The van der Waals surface area contributed by atoms with Crippen molar-refractivity contribution in [1.29, 1.82) is 0 Å². The first-order valence-electron chi connectivity index (χ1n) is 8.05. The Kier molecular flexibility index (Phi) is 5.19. The van der Waals surface area contributed by atoms with Crippen LogP contribution in [0.5, 0.6) is 5.75 Å². The average Bonchev–Trinajstić information content (AvgIpc) is 3.04. The van der Waals surface area contributed by atoms with E-state index in [0.717, 1.165) is 18.3 Å². The van der Waals surface area contributed by atoms with E-state index in [2.05, 4.69) is 37.9 Å². The number of methoxy groups -OCH3 is 1. The van der Waals surface area contributed by atoms with E-state index in [9.17, 15) is 0 Å². The lowest BCUT2D eigenvalue weighted by Crippen LogP contribution is -2.49. The van der Waals surface area contributed by atoms with Crippen molar-refractivity contribution in [3.05, 3.63) is 28.2 Å². The quantitative estimate of drug-likeness (QED) is 0.824. The zero-order valence-corrected chi connectivity index (χ0v) is 14.4. The van der Waals surface area contributed by atoms with Gasteiger partial charge in [-0.2, -0.15) is 0 Å². The minimum Gasteiger partial charge on any atom is -0.497 e.